The summed E-state index contributed by atoms with van der Waals surface area (Å²) in [5, 5.41) is 16.2. The first-order valence-electron chi connectivity index (χ1n) is 6.73. The number of nitrogens with one attached hydrogen (secondary N) is 1. The average molecular weight is 283 g/mol. The van der Waals surface area contributed by atoms with Crippen LogP contribution in [0.1, 0.15) is 39.9 Å². The number of nitriles is 1. The Balaban J connectivity index is 2.11. The molecular weight excluding hydrogens is 266 g/mol. The maximum absolute atomic E-state index is 11.4. The summed E-state index contributed by atoms with van der Waals surface area (Å²) >= 11 is 0. The number of carbonyl (C=O) groups is 1. The van der Waals surface area contributed by atoms with E-state index >= 15 is 0 Å². The highest BCUT2D eigenvalue weighted by atomic mass is 16.5. The quantitative estimate of drug-likeness (QED) is 0.853. The molecule has 1 aromatic carbocycles. The second-order valence-electron chi connectivity index (χ2n) is 4.91. The van der Waals surface area contributed by atoms with E-state index in [4.69, 9.17) is 9.78 Å². The maximum Gasteiger partial charge on any atom is 0.159 e. The van der Waals surface area contributed by atoms with E-state index in [0.717, 1.165) is 23.4 Å². The monoisotopic (exact) mass is 283 g/mol. The minimum atomic E-state index is -0.0201. The summed E-state index contributed by atoms with van der Waals surface area (Å²) in [7, 11) is 0. The number of hydrogen-bond acceptors (Lipinski definition) is 5. The number of aromatic nitrogens is 1. The fourth-order valence-corrected chi connectivity index (χ4v) is 2.19. The van der Waals surface area contributed by atoms with Gasteiger partial charge in [-0.25, -0.2) is 0 Å². The molecule has 0 amide bonds. The van der Waals surface area contributed by atoms with Crippen LogP contribution in [-0.4, -0.2) is 17.5 Å². The van der Waals surface area contributed by atoms with Crippen molar-refractivity contribution in [1.82, 2.24) is 5.16 Å². The third-order valence-corrected chi connectivity index (χ3v) is 3.42. The number of hydrogen-bond donors (Lipinski definition) is 1. The van der Waals surface area contributed by atoms with Crippen molar-refractivity contribution in [2.24, 2.45) is 0 Å². The predicted molar refractivity (Wildman–Crippen MR) is 79.3 cm³/mol. The fraction of sp³-hybridized carbons (Fsp3) is 0.312. The van der Waals surface area contributed by atoms with Crippen LogP contribution in [-0.2, 0) is 6.42 Å². The number of ketones is 1. The Kier molecular flexibility index (Phi) is 4.39. The highest BCUT2D eigenvalue weighted by Crippen LogP contribution is 2.18. The Hall–Kier alpha value is -2.61. The van der Waals surface area contributed by atoms with E-state index in [0.29, 0.717) is 23.4 Å². The van der Waals surface area contributed by atoms with Crippen molar-refractivity contribution in [1.29, 1.82) is 5.26 Å². The molecule has 0 saturated heterocycles. The van der Waals surface area contributed by atoms with Gasteiger partial charge in [0.05, 0.1) is 16.9 Å². The van der Waals surface area contributed by atoms with Gasteiger partial charge in [-0.1, -0.05) is 5.16 Å². The van der Waals surface area contributed by atoms with Crippen molar-refractivity contribution in [2.75, 3.05) is 11.9 Å². The van der Waals surface area contributed by atoms with Crippen molar-refractivity contribution >= 4 is 11.5 Å². The maximum atomic E-state index is 11.4. The number of Topliss-reactive ketones (excluding diaryl/α,β-unsaturated/α-hetero) is 1. The van der Waals surface area contributed by atoms with E-state index in [1.54, 1.807) is 18.2 Å². The van der Waals surface area contributed by atoms with Crippen LogP contribution < -0.4 is 5.32 Å². The molecule has 108 valence electrons. The third-order valence-electron chi connectivity index (χ3n) is 3.42. The number of nitrogens with zero attached hydrogens (tertiary/aromatic N) is 2. The Morgan fingerprint density at radius 3 is 2.76 bits per heavy atom. The average Bonchev–Trinajstić information content (AvgIpc) is 2.78. The number of carbonyl (C=O) groups excluding carboxylic acids is 1. The van der Waals surface area contributed by atoms with Gasteiger partial charge in [0.1, 0.15) is 11.8 Å². The van der Waals surface area contributed by atoms with Gasteiger partial charge < -0.3 is 9.84 Å². The highest BCUT2D eigenvalue weighted by molar-refractivity contribution is 5.95. The molecule has 0 unspecified atom stereocenters. The highest BCUT2D eigenvalue weighted by Gasteiger charge is 2.10. The zero-order valence-corrected chi connectivity index (χ0v) is 12.4. The van der Waals surface area contributed by atoms with Gasteiger partial charge in [-0.2, -0.15) is 5.26 Å². The smallest absolute Gasteiger partial charge is 0.159 e. The van der Waals surface area contributed by atoms with E-state index < -0.39 is 0 Å². The van der Waals surface area contributed by atoms with Crippen LogP contribution in [0.4, 0.5) is 5.69 Å². The molecule has 0 aliphatic heterocycles. The second-order valence-corrected chi connectivity index (χ2v) is 4.91. The van der Waals surface area contributed by atoms with Crippen molar-refractivity contribution in [3.8, 4) is 6.07 Å². The molecule has 5 nitrogen and oxygen atoms in total. The van der Waals surface area contributed by atoms with Gasteiger partial charge in [0.15, 0.2) is 5.78 Å². The van der Waals surface area contributed by atoms with Crippen LogP contribution in [0.15, 0.2) is 22.7 Å². The van der Waals surface area contributed by atoms with Crippen molar-refractivity contribution in [2.45, 2.75) is 27.2 Å². The van der Waals surface area contributed by atoms with Crippen LogP contribution >= 0.6 is 0 Å². The number of benzene rings is 1. The van der Waals surface area contributed by atoms with E-state index in [1.807, 2.05) is 13.8 Å². The molecule has 1 N–H and O–H groups in total. The third kappa shape index (κ3) is 3.29. The Morgan fingerprint density at radius 2 is 2.19 bits per heavy atom. The first kappa shape index (κ1) is 14.8. The van der Waals surface area contributed by atoms with Gasteiger partial charge in [-0.15, -0.1) is 0 Å². The van der Waals surface area contributed by atoms with Crippen LogP contribution in [0.25, 0.3) is 0 Å². The fourth-order valence-electron chi connectivity index (χ4n) is 2.19. The SMILES string of the molecule is CC(=O)c1ccc(C#N)c(NCCc2c(C)noc2C)c1. The van der Waals surface area contributed by atoms with Gasteiger partial charge in [0.25, 0.3) is 0 Å². The van der Waals surface area contributed by atoms with Crippen molar-refractivity contribution in [3.63, 3.8) is 0 Å². The van der Waals surface area contributed by atoms with Crippen LogP contribution in [0.2, 0.25) is 0 Å². The standard InChI is InChI=1S/C16H17N3O2/c1-10-15(12(3)21-19-10)6-7-18-16-8-13(11(2)20)4-5-14(16)9-17/h4-5,8,18H,6-7H2,1-3H3. The molecule has 0 atom stereocenters. The molecule has 0 aliphatic rings. The van der Waals surface area contributed by atoms with Gasteiger partial charge in [-0.3, -0.25) is 4.79 Å². The summed E-state index contributed by atoms with van der Waals surface area (Å²) in [4.78, 5) is 11.4. The summed E-state index contributed by atoms with van der Waals surface area (Å²) in [5.74, 6) is 0.792. The molecule has 0 bridgehead atoms. The van der Waals surface area contributed by atoms with Crippen LogP contribution in [0.3, 0.4) is 0 Å². The van der Waals surface area contributed by atoms with Gasteiger partial charge >= 0.3 is 0 Å². The van der Waals surface area contributed by atoms with Crippen LogP contribution in [0.5, 0.6) is 0 Å². The number of aryl methyl sites for hydroxylation is 2. The normalized spacial score (nSPS) is 10.2. The molecule has 2 aromatic rings. The lowest BCUT2D eigenvalue weighted by Gasteiger charge is -2.09. The predicted octanol–water partition coefficient (Wildman–Crippen LogP) is 3.02. The van der Waals surface area contributed by atoms with Crippen molar-refractivity contribution < 1.29 is 9.32 Å². The largest absolute Gasteiger partial charge is 0.384 e. The van der Waals surface area contributed by atoms with E-state index in [2.05, 4.69) is 16.5 Å². The lowest BCUT2D eigenvalue weighted by atomic mass is 10.1. The summed E-state index contributed by atoms with van der Waals surface area (Å²) in [6.45, 7) is 5.93. The minimum Gasteiger partial charge on any atom is -0.384 e. The lowest BCUT2D eigenvalue weighted by Crippen LogP contribution is -2.08. The van der Waals surface area contributed by atoms with E-state index in [-0.39, 0.29) is 5.78 Å². The summed E-state index contributed by atoms with van der Waals surface area (Å²) in [6, 6.07) is 7.17. The molecule has 0 spiro atoms. The van der Waals surface area contributed by atoms with E-state index in [9.17, 15) is 4.79 Å². The van der Waals surface area contributed by atoms with Gasteiger partial charge in [0, 0.05) is 17.7 Å². The molecule has 1 heterocycles. The Labute approximate surface area is 123 Å². The first-order chi connectivity index (χ1) is 10.0. The summed E-state index contributed by atoms with van der Waals surface area (Å²) in [5.41, 5.74) is 3.75. The molecule has 0 radical (unpaired) electrons. The number of rotatable bonds is 5. The van der Waals surface area contributed by atoms with E-state index in [1.165, 1.54) is 6.92 Å². The van der Waals surface area contributed by atoms with Gasteiger partial charge in [-0.05, 0) is 45.4 Å². The second kappa shape index (κ2) is 6.23. The Morgan fingerprint density at radius 1 is 1.43 bits per heavy atom. The number of anilines is 1. The van der Waals surface area contributed by atoms with Crippen molar-refractivity contribution in [3.05, 3.63) is 46.3 Å². The zero-order valence-electron chi connectivity index (χ0n) is 12.4. The molecule has 0 fully saturated rings. The first-order valence-corrected chi connectivity index (χ1v) is 6.73. The topological polar surface area (TPSA) is 78.9 Å². The van der Waals surface area contributed by atoms with Gasteiger partial charge in [0.2, 0.25) is 0 Å². The molecule has 1 aromatic heterocycles. The van der Waals surface area contributed by atoms with Crippen LogP contribution in [0, 0.1) is 25.2 Å². The summed E-state index contributed by atoms with van der Waals surface area (Å²) in [6.07, 6.45) is 0.746. The molecule has 0 saturated carbocycles. The summed E-state index contributed by atoms with van der Waals surface area (Å²) < 4.78 is 5.12. The minimum absolute atomic E-state index is 0.0201. The zero-order chi connectivity index (χ0) is 15.4. The molecular formula is C16H17N3O2. The lowest BCUT2D eigenvalue weighted by molar-refractivity contribution is 0.101. The Bertz CT molecular complexity index is 691. The molecule has 5 heteroatoms. The molecule has 0 aliphatic carbocycles. The molecule has 21 heavy (non-hydrogen) atoms. The molecule has 2 rings (SSSR count).